The molecule has 0 saturated carbocycles. The molecule has 0 aliphatic carbocycles. The third kappa shape index (κ3) is 2.63. The summed E-state index contributed by atoms with van der Waals surface area (Å²) in [6.07, 6.45) is 2.58. The number of carbonyl (C=O) groups excluding carboxylic acids is 1. The highest BCUT2D eigenvalue weighted by Gasteiger charge is 2.11. The van der Waals surface area contributed by atoms with E-state index < -0.39 is 0 Å². The van der Waals surface area contributed by atoms with Crippen LogP contribution < -0.4 is 4.74 Å². The molecule has 0 unspecified atom stereocenters. The molecule has 1 aromatic heterocycles. The molecule has 2 aromatic carbocycles. The Morgan fingerprint density at radius 1 is 1.05 bits per heavy atom. The largest absolute Gasteiger partial charge is 0.497 e. The summed E-state index contributed by atoms with van der Waals surface area (Å²) in [5.41, 5.74) is 4.23. The summed E-state index contributed by atoms with van der Waals surface area (Å²) in [5, 5.41) is 4.55. The van der Waals surface area contributed by atoms with E-state index in [0.29, 0.717) is 11.3 Å². The molecule has 1 heterocycles. The molecule has 110 valence electrons. The number of nitrogens with zero attached hydrogens (tertiary/aromatic N) is 2. The van der Waals surface area contributed by atoms with E-state index in [1.165, 1.54) is 5.56 Å². The van der Waals surface area contributed by atoms with Gasteiger partial charge in [0.15, 0.2) is 6.29 Å². The lowest BCUT2D eigenvalue weighted by Gasteiger charge is -2.03. The van der Waals surface area contributed by atoms with Crippen LogP contribution in [-0.4, -0.2) is 23.2 Å². The molecule has 3 aromatic rings. The molecule has 22 heavy (non-hydrogen) atoms. The van der Waals surface area contributed by atoms with Crippen molar-refractivity contribution < 1.29 is 9.53 Å². The molecule has 0 aliphatic rings. The van der Waals surface area contributed by atoms with Crippen LogP contribution in [0, 0.1) is 6.92 Å². The maximum absolute atomic E-state index is 11.3. The molecule has 3 rings (SSSR count). The minimum absolute atomic E-state index is 0.569. The lowest BCUT2D eigenvalue weighted by molar-refractivity contribution is 0.112. The van der Waals surface area contributed by atoms with E-state index in [1.54, 1.807) is 18.0 Å². The Balaban J connectivity index is 2.03. The maximum atomic E-state index is 11.3. The van der Waals surface area contributed by atoms with Crippen molar-refractivity contribution in [2.75, 3.05) is 7.11 Å². The first kappa shape index (κ1) is 14.1. The van der Waals surface area contributed by atoms with Crippen molar-refractivity contribution in [2.45, 2.75) is 6.92 Å². The first-order valence-electron chi connectivity index (χ1n) is 6.97. The monoisotopic (exact) mass is 292 g/mol. The number of ether oxygens (including phenoxy) is 1. The summed E-state index contributed by atoms with van der Waals surface area (Å²) >= 11 is 0. The molecule has 4 nitrogen and oxygen atoms in total. The SMILES string of the molecule is COc1ccc(-n2cc(C=O)c(-c3ccc(C)cc3)n2)cc1. The zero-order valence-electron chi connectivity index (χ0n) is 12.5. The summed E-state index contributed by atoms with van der Waals surface area (Å²) in [6.45, 7) is 2.03. The highest BCUT2D eigenvalue weighted by molar-refractivity contribution is 5.85. The number of rotatable bonds is 4. The predicted molar refractivity (Wildman–Crippen MR) is 85.7 cm³/mol. The molecule has 0 radical (unpaired) electrons. The molecular weight excluding hydrogens is 276 g/mol. The summed E-state index contributed by atoms with van der Waals surface area (Å²) in [4.78, 5) is 11.3. The summed E-state index contributed by atoms with van der Waals surface area (Å²) in [7, 11) is 1.63. The number of benzene rings is 2. The van der Waals surface area contributed by atoms with Crippen LogP contribution in [0.4, 0.5) is 0 Å². The van der Waals surface area contributed by atoms with Gasteiger partial charge in [0.25, 0.3) is 0 Å². The summed E-state index contributed by atoms with van der Waals surface area (Å²) in [6, 6.07) is 15.5. The van der Waals surface area contributed by atoms with Crippen LogP contribution in [0.2, 0.25) is 0 Å². The third-order valence-corrected chi connectivity index (χ3v) is 3.53. The zero-order valence-corrected chi connectivity index (χ0v) is 12.5. The van der Waals surface area contributed by atoms with Crippen LogP contribution in [0.5, 0.6) is 5.75 Å². The van der Waals surface area contributed by atoms with Gasteiger partial charge >= 0.3 is 0 Å². The smallest absolute Gasteiger partial charge is 0.153 e. The van der Waals surface area contributed by atoms with E-state index >= 15 is 0 Å². The van der Waals surface area contributed by atoms with Crippen LogP contribution in [-0.2, 0) is 0 Å². The Morgan fingerprint density at radius 3 is 2.32 bits per heavy atom. The molecule has 0 N–H and O–H groups in total. The minimum Gasteiger partial charge on any atom is -0.497 e. The highest BCUT2D eigenvalue weighted by atomic mass is 16.5. The van der Waals surface area contributed by atoms with Gasteiger partial charge in [0.1, 0.15) is 11.4 Å². The molecule has 0 aliphatic heterocycles. The Kier molecular flexibility index (Phi) is 3.74. The molecule has 0 saturated heterocycles. The van der Waals surface area contributed by atoms with Gasteiger partial charge in [-0.05, 0) is 31.2 Å². The molecule has 0 bridgehead atoms. The topological polar surface area (TPSA) is 44.1 Å². The maximum Gasteiger partial charge on any atom is 0.153 e. The van der Waals surface area contributed by atoms with Gasteiger partial charge in [-0.2, -0.15) is 5.10 Å². The van der Waals surface area contributed by atoms with Gasteiger partial charge in [0.2, 0.25) is 0 Å². The van der Waals surface area contributed by atoms with E-state index in [2.05, 4.69) is 5.10 Å². The standard InChI is InChI=1S/C18H16N2O2/c1-13-3-5-14(6-4-13)18-15(12-21)11-20(19-18)16-7-9-17(22-2)10-8-16/h3-12H,1-2H3. The van der Waals surface area contributed by atoms with Gasteiger partial charge in [0.05, 0.1) is 18.4 Å². The number of aryl methyl sites for hydroxylation is 1. The Morgan fingerprint density at radius 2 is 1.73 bits per heavy atom. The van der Waals surface area contributed by atoms with Crippen molar-refractivity contribution >= 4 is 6.29 Å². The van der Waals surface area contributed by atoms with Crippen molar-refractivity contribution in [3.8, 4) is 22.7 Å². The lowest BCUT2D eigenvalue weighted by atomic mass is 10.1. The molecule has 0 fully saturated rings. The number of aldehydes is 1. The van der Waals surface area contributed by atoms with Crippen LogP contribution in [0.25, 0.3) is 16.9 Å². The van der Waals surface area contributed by atoms with E-state index in [0.717, 1.165) is 23.3 Å². The zero-order chi connectivity index (χ0) is 15.5. The van der Waals surface area contributed by atoms with E-state index in [4.69, 9.17) is 4.74 Å². The van der Waals surface area contributed by atoms with E-state index in [9.17, 15) is 4.79 Å². The first-order valence-corrected chi connectivity index (χ1v) is 6.97. The Hall–Kier alpha value is -2.88. The molecular formula is C18H16N2O2. The fourth-order valence-corrected chi connectivity index (χ4v) is 2.28. The predicted octanol–water partition coefficient (Wildman–Crippen LogP) is 3.67. The van der Waals surface area contributed by atoms with Gasteiger partial charge in [-0.1, -0.05) is 29.8 Å². The second-order valence-corrected chi connectivity index (χ2v) is 5.06. The van der Waals surface area contributed by atoms with Crippen molar-refractivity contribution in [2.24, 2.45) is 0 Å². The fraction of sp³-hybridized carbons (Fsp3) is 0.111. The lowest BCUT2D eigenvalue weighted by Crippen LogP contribution is -1.95. The normalized spacial score (nSPS) is 10.5. The Labute approximate surface area is 129 Å². The first-order chi connectivity index (χ1) is 10.7. The summed E-state index contributed by atoms with van der Waals surface area (Å²) < 4.78 is 6.86. The number of aromatic nitrogens is 2. The molecule has 0 atom stereocenters. The quantitative estimate of drug-likeness (QED) is 0.689. The van der Waals surface area contributed by atoms with E-state index in [1.807, 2.05) is 55.5 Å². The van der Waals surface area contributed by atoms with Gasteiger partial charge in [-0.3, -0.25) is 4.79 Å². The number of methoxy groups -OCH3 is 1. The second-order valence-electron chi connectivity index (χ2n) is 5.06. The van der Waals surface area contributed by atoms with Gasteiger partial charge in [0, 0.05) is 11.8 Å². The average molecular weight is 292 g/mol. The van der Waals surface area contributed by atoms with Crippen molar-refractivity contribution in [1.29, 1.82) is 0 Å². The molecule has 4 heteroatoms. The van der Waals surface area contributed by atoms with Gasteiger partial charge in [-0.15, -0.1) is 0 Å². The third-order valence-electron chi connectivity index (χ3n) is 3.53. The van der Waals surface area contributed by atoms with Gasteiger partial charge in [-0.25, -0.2) is 4.68 Å². The van der Waals surface area contributed by atoms with Gasteiger partial charge < -0.3 is 4.74 Å². The van der Waals surface area contributed by atoms with Crippen molar-refractivity contribution in [3.05, 3.63) is 65.9 Å². The van der Waals surface area contributed by atoms with Crippen LogP contribution in [0.3, 0.4) is 0 Å². The van der Waals surface area contributed by atoms with Crippen LogP contribution in [0.1, 0.15) is 15.9 Å². The molecule has 0 amide bonds. The minimum atomic E-state index is 0.569. The number of carbonyl (C=O) groups is 1. The number of hydrogen-bond acceptors (Lipinski definition) is 3. The second kappa shape index (κ2) is 5.85. The number of hydrogen-bond donors (Lipinski definition) is 0. The van der Waals surface area contributed by atoms with Crippen molar-refractivity contribution in [3.63, 3.8) is 0 Å². The summed E-state index contributed by atoms with van der Waals surface area (Å²) in [5.74, 6) is 0.783. The fourth-order valence-electron chi connectivity index (χ4n) is 2.28. The van der Waals surface area contributed by atoms with Crippen LogP contribution >= 0.6 is 0 Å². The highest BCUT2D eigenvalue weighted by Crippen LogP contribution is 2.23. The Bertz CT molecular complexity index is 787. The average Bonchev–Trinajstić information content (AvgIpc) is 3.00. The van der Waals surface area contributed by atoms with E-state index in [-0.39, 0.29) is 0 Å². The van der Waals surface area contributed by atoms with Crippen LogP contribution in [0.15, 0.2) is 54.7 Å². The molecule has 0 spiro atoms. The van der Waals surface area contributed by atoms with Crippen molar-refractivity contribution in [1.82, 2.24) is 9.78 Å².